The standard InChI is InChI=1S/C15H20N2OS/c1-10-5-6-12(11(16)7-10)18-8-14-17-13(9-19-14)15(2,3)4/h5-7,9H,8,16H2,1-4H3. The fourth-order valence-electron chi connectivity index (χ4n) is 1.66. The van der Waals surface area contributed by atoms with Crippen LogP contribution in [0.5, 0.6) is 5.75 Å². The molecule has 1 aromatic heterocycles. The van der Waals surface area contributed by atoms with Crippen LogP contribution in [0, 0.1) is 6.92 Å². The number of rotatable bonds is 3. The van der Waals surface area contributed by atoms with E-state index >= 15 is 0 Å². The van der Waals surface area contributed by atoms with Crippen LogP contribution in [0.1, 0.15) is 37.0 Å². The van der Waals surface area contributed by atoms with Crippen LogP contribution in [-0.2, 0) is 12.0 Å². The topological polar surface area (TPSA) is 48.1 Å². The highest BCUT2D eigenvalue weighted by Gasteiger charge is 2.17. The van der Waals surface area contributed by atoms with Crippen LogP contribution in [0.25, 0.3) is 0 Å². The monoisotopic (exact) mass is 276 g/mol. The second kappa shape index (κ2) is 5.21. The fourth-order valence-corrected chi connectivity index (χ4v) is 2.59. The summed E-state index contributed by atoms with van der Waals surface area (Å²) in [6.07, 6.45) is 0. The van der Waals surface area contributed by atoms with Gasteiger partial charge in [-0.2, -0.15) is 0 Å². The number of nitrogen functional groups attached to an aromatic ring is 1. The van der Waals surface area contributed by atoms with Gasteiger partial charge in [0.1, 0.15) is 17.4 Å². The van der Waals surface area contributed by atoms with Crippen molar-refractivity contribution in [2.75, 3.05) is 5.73 Å². The van der Waals surface area contributed by atoms with E-state index in [-0.39, 0.29) is 5.41 Å². The number of hydrogen-bond donors (Lipinski definition) is 1. The van der Waals surface area contributed by atoms with Crippen molar-refractivity contribution < 1.29 is 4.74 Å². The summed E-state index contributed by atoms with van der Waals surface area (Å²) in [6.45, 7) is 8.95. The van der Waals surface area contributed by atoms with Gasteiger partial charge in [-0.1, -0.05) is 26.8 Å². The zero-order chi connectivity index (χ0) is 14.0. The first-order valence-electron chi connectivity index (χ1n) is 6.30. The molecule has 2 N–H and O–H groups in total. The molecule has 0 unspecified atom stereocenters. The normalized spacial score (nSPS) is 11.6. The summed E-state index contributed by atoms with van der Waals surface area (Å²) in [5.41, 5.74) is 8.91. The van der Waals surface area contributed by atoms with E-state index in [1.807, 2.05) is 25.1 Å². The maximum atomic E-state index is 5.92. The lowest BCUT2D eigenvalue weighted by molar-refractivity contribution is 0.306. The van der Waals surface area contributed by atoms with Gasteiger partial charge in [0.25, 0.3) is 0 Å². The van der Waals surface area contributed by atoms with Gasteiger partial charge in [-0.15, -0.1) is 11.3 Å². The minimum Gasteiger partial charge on any atom is -0.484 e. The number of hydrogen-bond acceptors (Lipinski definition) is 4. The van der Waals surface area contributed by atoms with Crippen molar-refractivity contribution >= 4 is 17.0 Å². The van der Waals surface area contributed by atoms with Crippen molar-refractivity contribution in [3.63, 3.8) is 0 Å². The first-order valence-corrected chi connectivity index (χ1v) is 7.18. The van der Waals surface area contributed by atoms with Crippen molar-refractivity contribution in [1.82, 2.24) is 4.98 Å². The molecule has 0 atom stereocenters. The fraction of sp³-hybridized carbons (Fsp3) is 0.400. The Kier molecular flexibility index (Phi) is 3.80. The summed E-state index contributed by atoms with van der Waals surface area (Å²) in [6, 6.07) is 5.81. The Labute approximate surface area is 118 Å². The quantitative estimate of drug-likeness (QED) is 0.865. The molecule has 1 aromatic carbocycles. The van der Waals surface area contributed by atoms with Crippen molar-refractivity contribution in [2.45, 2.75) is 39.7 Å². The van der Waals surface area contributed by atoms with E-state index < -0.39 is 0 Å². The average molecular weight is 276 g/mol. The third-order valence-electron chi connectivity index (χ3n) is 2.84. The number of nitrogens with zero attached hydrogens (tertiary/aromatic N) is 1. The smallest absolute Gasteiger partial charge is 0.142 e. The van der Waals surface area contributed by atoms with Gasteiger partial charge in [0, 0.05) is 10.8 Å². The Hall–Kier alpha value is -1.55. The van der Waals surface area contributed by atoms with Crippen molar-refractivity contribution in [3.8, 4) is 5.75 Å². The molecule has 0 spiro atoms. The number of benzene rings is 1. The molecular weight excluding hydrogens is 256 g/mol. The molecule has 1 heterocycles. The van der Waals surface area contributed by atoms with E-state index in [1.54, 1.807) is 11.3 Å². The highest BCUT2D eigenvalue weighted by atomic mass is 32.1. The molecule has 0 fully saturated rings. The predicted molar refractivity (Wildman–Crippen MR) is 80.7 cm³/mol. The van der Waals surface area contributed by atoms with Crippen LogP contribution in [0.2, 0.25) is 0 Å². The van der Waals surface area contributed by atoms with Gasteiger partial charge in [0.15, 0.2) is 0 Å². The number of ether oxygens (including phenoxy) is 1. The summed E-state index contributed by atoms with van der Waals surface area (Å²) in [5.74, 6) is 0.720. The number of thiazole rings is 1. The van der Waals surface area contributed by atoms with E-state index in [2.05, 4.69) is 31.1 Å². The van der Waals surface area contributed by atoms with Crippen LogP contribution >= 0.6 is 11.3 Å². The first kappa shape index (κ1) is 13.9. The van der Waals surface area contributed by atoms with Crippen molar-refractivity contribution in [2.24, 2.45) is 0 Å². The molecule has 4 heteroatoms. The molecule has 0 aliphatic carbocycles. The maximum absolute atomic E-state index is 5.92. The lowest BCUT2D eigenvalue weighted by atomic mass is 9.93. The number of anilines is 1. The molecule has 0 saturated heterocycles. The Morgan fingerprint density at radius 1 is 1.32 bits per heavy atom. The minimum atomic E-state index is 0.0810. The van der Waals surface area contributed by atoms with Crippen LogP contribution in [0.15, 0.2) is 23.6 Å². The van der Waals surface area contributed by atoms with Gasteiger partial charge in [-0.05, 0) is 24.6 Å². The molecule has 0 amide bonds. The Morgan fingerprint density at radius 2 is 2.05 bits per heavy atom. The second-order valence-electron chi connectivity index (χ2n) is 5.71. The van der Waals surface area contributed by atoms with Gasteiger partial charge in [0.2, 0.25) is 0 Å². The first-order chi connectivity index (χ1) is 8.86. The largest absolute Gasteiger partial charge is 0.484 e. The summed E-state index contributed by atoms with van der Waals surface area (Å²) in [5, 5.41) is 3.07. The SMILES string of the molecule is Cc1ccc(OCc2nc(C(C)(C)C)cs2)c(N)c1. The molecule has 0 radical (unpaired) electrons. The third kappa shape index (κ3) is 3.47. The van der Waals surface area contributed by atoms with E-state index in [9.17, 15) is 0 Å². The highest BCUT2D eigenvalue weighted by Crippen LogP contribution is 2.26. The molecular formula is C15H20N2OS. The lowest BCUT2D eigenvalue weighted by Crippen LogP contribution is -2.11. The summed E-state index contributed by atoms with van der Waals surface area (Å²) in [7, 11) is 0. The van der Waals surface area contributed by atoms with Gasteiger partial charge in [-0.3, -0.25) is 0 Å². The molecule has 0 saturated carbocycles. The third-order valence-corrected chi connectivity index (χ3v) is 3.66. The molecule has 0 aliphatic rings. The Balaban J connectivity index is 2.04. The average Bonchev–Trinajstić information content (AvgIpc) is 2.76. The van der Waals surface area contributed by atoms with Crippen molar-refractivity contribution in [3.05, 3.63) is 39.8 Å². The Bertz CT molecular complexity index is 570. The number of aryl methyl sites for hydroxylation is 1. The summed E-state index contributed by atoms with van der Waals surface area (Å²) < 4.78 is 5.73. The molecule has 2 aromatic rings. The van der Waals surface area contributed by atoms with Gasteiger partial charge in [0.05, 0.1) is 11.4 Å². The molecule has 2 rings (SSSR count). The van der Waals surface area contributed by atoms with Crippen molar-refractivity contribution in [1.29, 1.82) is 0 Å². The predicted octanol–water partition coefficient (Wildman–Crippen LogP) is 3.91. The minimum absolute atomic E-state index is 0.0810. The van der Waals surface area contributed by atoms with E-state index in [4.69, 9.17) is 10.5 Å². The zero-order valence-corrected chi connectivity index (χ0v) is 12.7. The van der Waals surface area contributed by atoms with Gasteiger partial charge < -0.3 is 10.5 Å². The lowest BCUT2D eigenvalue weighted by Gasteiger charge is -2.14. The van der Waals surface area contributed by atoms with Gasteiger partial charge >= 0.3 is 0 Å². The van der Waals surface area contributed by atoms with E-state index in [0.29, 0.717) is 12.3 Å². The zero-order valence-electron chi connectivity index (χ0n) is 11.9. The number of aromatic nitrogens is 1. The molecule has 3 nitrogen and oxygen atoms in total. The van der Waals surface area contributed by atoms with Crippen LogP contribution < -0.4 is 10.5 Å². The van der Waals surface area contributed by atoms with E-state index in [0.717, 1.165) is 22.0 Å². The molecule has 19 heavy (non-hydrogen) atoms. The van der Waals surface area contributed by atoms with Gasteiger partial charge in [-0.25, -0.2) is 4.98 Å². The van der Waals surface area contributed by atoms with Crippen LogP contribution in [0.4, 0.5) is 5.69 Å². The summed E-state index contributed by atoms with van der Waals surface area (Å²) >= 11 is 1.63. The molecule has 0 aliphatic heterocycles. The van der Waals surface area contributed by atoms with Crippen LogP contribution in [-0.4, -0.2) is 4.98 Å². The van der Waals surface area contributed by atoms with Crippen LogP contribution in [0.3, 0.4) is 0 Å². The number of nitrogens with two attached hydrogens (primary N) is 1. The molecule has 0 bridgehead atoms. The Morgan fingerprint density at radius 3 is 2.63 bits per heavy atom. The maximum Gasteiger partial charge on any atom is 0.142 e. The molecule has 102 valence electrons. The summed E-state index contributed by atoms with van der Waals surface area (Å²) in [4.78, 5) is 4.60. The second-order valence-corrected chi connectivity index (χ2v) is 6.65. The highest BCUT2D eigenvalue weighted by molar-refractivity contribution is 7.09. The van der Waals surface area contributed by atoms with E-state index in [1.165, 1.54) is 0 Å².